The van der Waals surface area contributed by atoms with Crippen LogP contribution in [0.3, 0.4) is 0 Å². The third kappa shape index (κ3) is 5.40. The number of hydrogen-bond donors (Lipinski definition) is 1. The number of methoxy groups -OCH3 is 1. The van der Waals surface area contributed by atoms with E-state index in [4.69, 9.17) is 9.47 Å². The van der Waals surface area contributed by atoms with Gasteiger partial charge in [0.1, 0.15) is 24.0 Å². The van der Waals surface area contributed by atoms with Crippen molar-refractivity contribution < 1.29 is 19.1 Å². The Hall–Kier alpha value is -5.41. The topological polar surface area (TPSA) is 88.4 Å². The Morgan fingerprint density at radius 2 is 1.50 bits per heavy atom. The van der Waals surface area contributed by atoms with Crippen LogP contribution in [0.2, 0.25) is 0 Å². The first-order valence-corrected chi connectivity index (χ1v) is 12.7. The maximum atomic E-state index is 13.1. The van der Waals surface area contributed by atoms with Gasteiger partial charge in [-0.15, -0.1) is 0 Å². The largest absolute Gasteiger partial charge is 0.488 e. The van der Waals surface area contributed by atoms with Crippen molar-refractivity contribution in [1.82, 2.24) is 0 Å². The summed E-state index contributed by atoms with van der Waals surface area (Å²) in [6.45, 7) is 2.38. The van der Waals surface area contributed by atoms with Crippen LogP contribution in [0, 0.1) is 18.3 Å². The van der Waals surface area contributed by atoms with Crippen LogP contribution < -0.4 is 10.1 Å². The Morgan fingerprint density at radius 3 is 2.20 bits per heavy atom. The molecular formula is C34H26N2O4. The summed E-state index contributed by atoms with van der Waals surface area (Å²) < 4.78 is 11.1. The number of rotatable bonds is 7. The van der Waals surface area contributed by atoms with E-state index in [0.717, 1.165) is 32.7 Å². The molecule has 0 bridgehead atoms. The molecule has 0 saturated carbocycles. The highest BCUT2D eigenvalue weighted by Crippen LogP contribution is 2.32. The molecule has 0 radical (unpaired) electrons. The third-order valence-corrected chi connectivity index (χ3v) is 6.80. The number of anilines is 1. The van der Waals surface area contributed by atoms with Gasteiger partial charge in [-0.05, 0) is 70.4 Å². The van der Waals surface area contributed by atoms with E-state index in [0.29, 0.717) is 29.2 Å². The smallest absolute Gasteiger partial charge is 0.337 e. The van der Waals surface area contributed by atoms with Gasteiger partial charge >= 0.3 is 5.97 Å². The summed E-state index contributed by atoms with van der Waals surface area (Å²) in [5.74, 6) is -0.483. The van der Waals surface area contributed by atoms with Crippen molar-refractivity contribution in [3.8, 4) is 11.8 Å². The van der Waals surface area contributed by atoms with Crippen LogP contribution in [0.15, 0.2) is 103 Å². The van der Waals surface area contributed by atoms with E-state index in [-0.39, 0.29) is 5.57 Å². The Bertz CT molecular complexity index is 1810. The van der Waals surface area contributed by atoms with Gasteiger partial charge in [-0.25, -0.2) is 4.79 Å². The number of hydrogen-bond acceptors (Lipinski definition) is 5. The lowest BCUT2D eigenvalue weighted by Gasteiger charge is -2.15. The second-order valence-electron chi connectivity index (χ2n) is 9.26. The van der Waals surface area contributed by atoms with Crippen molar-refractivity contribution >= 4 is 45.2 Å². The highest BCUT2D eigenvalue weighted by molar-refractivity contribution is 6.11. The molecule has 6 nitrogen and oxygen atoms in total. The van der Waals surface area contributed by atoms with Crippen LogP contribution >= 0.6 is 0 Å². The fourth-order valence-corrected chi connectivity index (χ4v) is 4.64. The normalized spacial score (nSPS) is 11.2. The number of benzene rings is 5. The van der Waals surface area contributed by atoms with Crippen LogP contribution in [0.1, 0.15) is 27.0 Å². The van der Waals surface area contributed by atoms with E-state index in [9.17, 15) is 14.9 Å². The molecule has 196 valence electrons. The summed E-state index contributed by atoms with van der Waals surface area (Å²) in [4.78, 5) is 24.8. The Labute approximate surface area is 232 Å². The van der Waals surface area contributed by atoms with Crippen molar-refractivity contribution in [1.29, 1.82) is 5.26 Å². The quantitative estimate of drug-likeness (QED) is 0.137. The standard InChI is InChI=1S/C34H26N2O4/c1-22-11-12-23-7-4-6-10-29(23)31(22)21-40-32-18-15-24-8-3-5-9-28(24)30(32)19-26(20-35)33(37)36-27-16-13-25(14-17-27)34(38)39-2/h3-19H,21H2,1-2H3,(H,36,37)/b26-19+. The Morgan fingerprint density at radius 1 is 0.850 bits per heavy atom. The van der Waals surface area contributed by atoms with Gasteiger partial charge in [-0.2, -0.15) is 5.26 Å². The van der Waals surface area contributed by atoms with E-state index in [1.54, 1.807) is 30.3 Å². The minimum atomic E-state index is -0.572. The van der Waals surface area contributed by atoms with Crippen molar-refractivity contribution in [2.75, 3.05) is 12.4 Å². The number of nitrogens with zero attached hydrogens (tertiary/aromatic N) is 1. The zero-order valence-corrected chi connectivity index (χ0v) is 22.1. The molecule has 0 heterocycles. The van der Waals surface area contributed by atoms with Crippen LogP contribution in [-0.2, 0) is 16.1 Å². The van der Waals surface area contributed by atoms with Gasteiger partial charge in [0.15, 0.2) is 0 Å². The van der Waals surface area contributed by atoms with E-state index in [1.807, 2.05) is 54.6 Å². The number of esters is 1. The summed E-state index contributed by atoms with van der Waals surface area (Å²) in [6, 6.07) is 32.2. The van der Waals surface area contributed by atoms with E-state index < -0.39 is 11.9 Å². The Balaban J connectivity index is 1.48. The summed E-state index contributed by atoms with van der Waals surface area (Å²) >= 11 is 0. The van der Waals surface area contributed by atoms with Crippen molar-refractivity contribution in [3.05, 3.63) is 125 Å². The average molecular weight is 527 g/mol. The molecule has 6 heteroatoms. The zero-order valence-electron chi connectivity index (χ0n) is 22.1. The van der Waals surface area contributed by atoms with Gasteiger partial charge in [0.05, 0.1) is 12.7 Å². The van der Waals surface area contributed by atoms with Crippen molar-refractivity contribution in [2.24, 2.45) is 0 Å². The highest BCUT2D eigenvalue weighted by Gasteiger charge is 2.15. The lowest BCUT2D eigenvalue weighted by atomic mass is 9.99. The molecule has 0 saturated heterocycles. The molecule has 5 rings (SSSR count). The lowest BCUT2D eigenvalue weighted by molar-refractivity contribution is -0.112. The molecule has 5 aromatic rings. The van der Waals surface area contributed by atoms with Gasteiger partial charge in [-0.1, -0.05) is 66.7 Å². The molecule has 5 aromatic carbocycles. The van der Waals surface area contributed by atoms with E-state index in [1.165, 1.54) is 7.11 Å². The predicted octanol–water partition coefficient (Wildman–Crippen LogP) is 7.21. The first-order chi connectivity index (χ1) is 19.5. The van der Waals surface area contributed by atoms with Crippen LogP contribution in [0.25, 0.3) is 27.6 Å². The second kappa shape index (κ2) is 11.5. The minimum absolute atomic E-state index is 0.0837. The lowest BCUT2D eigenvalue weighted by Crippen LogP contribution is -2.13. The monoisotopic (exact) mass is 526 g/mol. The molecule has 1 amide bonds. The van der Waals surface area contributed by atoms with Crippen LogP contribution in [0.4, 0.5) is 5.69 Å². The Kier molecular flexibility index (Phi) is 7.56. The molecule has 1 N–H and O–H groups in total. The summed E-state index contributed by atoms with van der Waals surface area (Å²) in [5.41, 5.74) is 3.56. The molecule has 0 aliphatic heterocycles. The number of carbonyl (C=O) groups is 2. The predicted molar refractivity (Wildman–Crippen MR) is 157 cm³/mol. The molecule has 0 unspecified atom stereocenters. The molecular weight excluding hydrogens is 500 g/mol. The molecule has 0 spiro atoms. The molecule has 40 heavy (non-hydrogen) atoms. The maximum absolute atomic E-state index is 13.1. The van der Waals surface area contributed by atoms with Gasteiger partial charge in [0, 0.05) is 16.8 Å². The summed E-state index contributed by atoms with van der Waals surface area (Å²) in [6.07, 6.45) is 1.56. The second-order valence-corrected chi connectivity index (χ2v) is 9.26. The number of amides is 1. The third-order valence-electron chi connectivity index (χ3n) is 6.80. The number of aryl methyl sites for hydroxylation is 1. The maximum Gasteiger partial charge on any atom is 0.337 e. The summed E-state index contributed by atoms with van der Waals surface area (Å²) in [7, 11) is 1.30. The number of nitrogens with one attached hydrogen (secondary N) is 1. The molecule has 0 aliphatic carbocycles. The average Bonchev–Trinajstić information content (AvgIpc) is 2.99. The number of carbonyl (C=O) groups excluding carboxylic acids is 2. The SMILES string of the molecule is COC(=O)c1ccc(NC(=O)/C(C#N)=C/c2c(OCc3c(C)ccc4ccccc34)ccc3ccccc23)cc1. The molecule has 0 atom stereocenters. The molecule has 0 aliphatic rings. The number of nitriles is 1. The van der Waals surface area contributed by atoms with Gasteiger partial charge in [-0.3, -0.25) is 4.79 Å². The molecule has 0 aromatic heterocycles. The minimum Gasteiger partial charge on any atom is -0.488 e. The van der Waals surface area contributed by atoms with Gasteiger partial charge in [0.2, 0.25) is 0 Å². The van der Waals surface area contributed by atoms with Crippen molar-refractivity contribution in [2.45, 2.75) is 13.5 Å². The highest BCUT2D eigenvalue weighted by atomic mass is 16.5. The molecule has 0 fully saturated rings. The van der Waals surface area contributed by atoms with E-state index in [2.05, 4.69) is 36.5 Å². The van der Waals surface area contributed by atoms with Gasteiger partial charge in [0.25, 0.3) is 5.91 Å². The first kappa shape index (κ1) is 26.2. The first-order valence-electron chi connectivity index (χ1n) is 12.7. The van der Waals surface area contributed by atoms with Crippen molar-refractivity contribution in [3.63, 3.8) is 0 Å². The van der Waals surface area contributed by atoms with Gasteiger partial charge < -0.3 is 14.8 Å². The number of ether oxygens (including phenoxy) is 2. The van der Waals surface area contributed by atoms with E-state index >= 15 is 0 Å². The number of fused-ring (bicyclic) bond motifs is 2. The summed E-state index contributed by atoms with van der Waals surface area (Å²) in [5, 5.41) is 16.7. The fraction of sp³-hybridized carbons (Fsp3) is 0.0882. The van der Waals surface area contributed by atoms with Crippen LogP contribution in [-0.4, -0.2) is 19.0 Å². The zero-order chi connectivity index (χ0) is 28.1. The fourth-order valence-electron chi connectivity index (χ4n) is 4.64. The van der Waals surface area contributed by atoms with Crippen LogP contribution in [0.5, 0.6) is 5.75 Å².